The van der Waals surface area contributed by atoms with E-state index in [4.69, 9.17) is 33.2 Å². The minimum Gasteiger partial charge on any atom is -0.486 e. The van der Waals surface area contributed by atoms with Crippen molar-refractivity contribution in [2.75, 3.05) is 0 Å². The first kappa shape index (κ1) is 17.0. The van der Waals surface area contributed by atoms with Gasteiger partial charge in [-0.2, -0.15) is 9.64 Å². The van der Waals surface area contributed by atoms with E-state index >= 15 is 0 Å². The first-order valence-corrected chi connectivity index (χ1v) is 8.93. The normalized spacial score (nSPS) is 10.6. The van der Waals surface area contributed by atoms with Gasteiger partial charge in [0.05, 0.1) is 0 Å². The van der Waals surface area contributed by atoms with Crippen LogP contribution in [-0.4, -0.2) is 19.1 Å². The van der Waals surface area contributed by atoms with Gasteiger partial charge in [0.15, 0.2) is 16.1 Å². The summed E-state index contributed by atoms with van der Waals surface area (Å²) in [6, 6.07) is 9.12. The van der Waals surface area contributed by atoms with Gasteiger partial charge in [0.2, 0.25) is 0 Å². The summed E-state index contributed by atoms with van der Waals surface area (Å²) < 4.78 is 12.1. The topological polar surface area (TPSA) is 76.6 Å². The number of nitriles is 1. The molecule has 0 fully saturated rings. The lowest BCUT2D eigenvalue weighted by Gasteiger charge is -2.06. The van der Waals surface area contributed by atoms with Crippen molar-refractivity contribution >= 4 is 46.5 Å². The molecule has 0 amide bonds. The highest BCUT2D eigenvalue weighted by Crippen LogP contribution is 2.35. The number of hydrogen-bond acceptors (Lipinski definition) is 7. The number of ether oxygens (including phenoxy) is 1. The van der Waals surface area contributed by atoms with Gasteiger partial charge < -0.3 is 9.30 Å². The zero-order chi connectivity index (χ0) is 17.1. The predicted octanol–water partition coefficient (Wildman–Crippen LogP) is 4.18. The van der Waals surface area contributed by atoms with Crippen LogP contribution in [0.1, 0.15) is 11.4 Å². The second kappa shape index (κ2) is 7.40. The summed E-state index contributed by atoms with van der Waals surface area (Å²) in [7, 11) is 1.83. The SMILES string of the molecule is Cn1c(COc2ccc(Cl)cc2)nnc1Sc1snc(Cl)c1C#N. The number of rotatable bonds is 5. The van der Waals surface area contributed by atoms with Crippen molar-refractivity contribution in [1.82, 2.24) is 19.1 Å². The molecule has 0 aliphatic carbocycles. The second-order valence-corrected chi connectivity index (χ2v) is 7.35. The third-order valence-corrected chi connectivity index (χ3v) is 5.69. The molecule has 6 nitrogen and oxygen atoms in total. The monoisotopic (exact) mass is 397 g/mol. The van der Waals surface area contributed by atoms with Crippen molar-refractivity contribution in [2.45, 2.75) is 16.0 Å². The number of benzene rings is 1. The quantitative estimate of drug-likeness (QED) is 0.642. The summed E-state index contributed by atoms with van der Waals surface area (Å²) in [5.74, 6) is 1.35. The molecule has 2 aromatic heterocycles. The van der Waals surface area contributed by atoms with Crippen LogP contribution in [0.2, 0.25) is 10.2 Å². The molecule has 0 spiro atoms. The van der Waals surface area contributed by atoms with Crippen LogP contribution in [-0.2, 0) is 13.7 Å². The summed E-state index contributed by atoms with van der Waals surface area (Å²) >= 11 is 14.2. The van der Waals surface area contributed by atoms with Crippen LogP contribution < -0.4 is 4.74 Å². The number of halogens is 2. The van der Waals surface area contributed by atoms with Crippen LogP contribution >= 0.6 is 46.5 Å². The van der Waals surface area contributed by atoms with E-state index in [9.17, 15) is 0 Å². The molecule has 0 radical (unpaired) electrons. The summed E-state index contributed by atoms with van der Waals surface area (Å²) in [5.41, 5.74) is 0.355. The van der Waals surface area contributed by atoms with Crippen molar-refractivity contribution in [3.05, 3.63) is 45.8 Å². The van der Waals surface area contributed by atoms with Gasteiger partial charge >= 0.3 is 0 Å². The van der Waals surface area contributed by atoms with Gasteiger partial charge in [-0.3, -0.25) is 0 Å². The Kier molecular flexibility index (Phi) is 5.26. The van der Waals surface area contributed by atoms with Crippen molar-refractivity contribution in [2.24, 2.45) is 7.05 Å². The van der Waals surface area contributed by atoms with Gasteiger partial charge in [0.1, 0.15) is 28.2 Å². The first-order valence-electron chi connectivity index (χ1n) is 6.58. The highest BCUT2D eigenvalue weighted by Gasteiger charge is 2.17. The van der Waals surface area contributed by atoms with Gasteiger partial charge in [-0.05, 0) is 47.6 Å². The highest BCUT2D eigenvalue weighted by molar-refractivity contribution is 8.01. The first-order chi connectivity index (χ1) is 11.6. The van der Waals surface area contributed by atoms with Crippen LogP contribution in [0.25, 0.3) is 0 Å². The lowest BCUT2D eigenvalue weighted by Crippen LogP contribution is -2.04. The predicted molar refractivity (Wildman–Crippen MR) is 92.7 cm³/mol. The molecule has 0 aliphatic heterocycles. The zero-order valence-electron chi connectivity index (χ0n) is 12.2. The molecular formula is C14H9Cl2N5OS2. The molecule has 3 aromatic rings. The Morgan fingerprint density at radius 2 is 2.04 bits per heavy atom. The Balaban J connectivity index is 1.71. The Morgan fingerprint density at radius 3 is 2.75 bits per heavy atom. The third kappa shape index (κ3) is 3.65. The van der Waals surface area contributed by atoms with E-state index in [1.54, 1.807) is 28.8 Å². The molecule has 0 saturated heterocycles. The average Bonchev–Trinajstić information content (AvgIpc) is 3.11. The van der Waals surface area contributed by atoms with Gasteiger partial charge in [-0.1, -0.05) is 23.2 Å². The minimum absolute atomic E-state index is 0.207. The smallest absolute Gasteiger partial charge is 0.196 e. The average molecular weight is 398 g/mol. The molecule has 0 N–H and O–H groups in total. The lowest BCUT2D eigenvalue weighted by atomic mass is 10.3. The van der Waals surface area contributed by atoms with Crippen molar-refractivity contribution in [3.63, 3.8) is 0 Å². The van der Waals surface area contributed by atoms with Crippen molar-refractivity contribution < 1.29 is 4.74 Å². The van der Waals surface area contributed by atoms with Gasteiger partial charge in [0.25, 0.3) is 0 Å². The molecule has 0 unspecified atom stereocenters. The van der Waals surface area contributed by atoms with E-state index in [0.29, 0.717) is 31.5 Å². The maximum Gasteiger partial charge on any atom is 0.196 e. The Morgan fingerprint density at radius 1 is 1.29 bits per heavy atom. The largest absolute Gasteiger partial charge is 0.486 e. The van der Waals surface area contributed by atoms with Crippen LogP contribution in [0.5, 0.6) is 5.75 Å². The maximum atomic E-state index is 9.12. The van der Waals surface area contributed by atoms with E-state index in [0.717, 1.165) is 11.5 Å². The Labute approximate surface area is 156 Å². The third-order valence-electron chi connectivity index (χ3n) is 3.02. The molecule has 2 heterocycles. The molecular weight excluding hydrogens is 389 g/mol. The fourth-order valence-corrected chi connectivity index (χ4v) is 3.92. The van der Waals surface area contributed by atoms with Gasteiger partial charge in [0, 0.05) is 12.1 Å². The summed E-state index contributed by atoms with van der Waals surface area (Å²) in [6.45, 7) is 0.264. The molecule has 24 heavy (non-hydrogen) atoms. The van der Waals surface area contributed by atoms with Crippen molar-refractivity contribution in [1.29, 1.82) is 5.26 Å². The Bertz CT molecular complexity index is 901. The van der Waals surface area contributed by atoms with Gasteiger partial charge in [-0.25, -0.2) is 0 Å². The van der Waals surface area contributed by atoms with Crippen molar-refractivity contribution in [3.8, 4) is 11.8 Å². The van der Waals surface area contributed by atoms with E-state index < -0.39 is 0 Å². The van der Waals surface area contributed by atoms with Crippen LogP contribution in [0, 0.1) is 11.3 Å². The molecule has 3 rings (SSSR count). The fourth-order valence-electron chi connectivity index (χ4n) is 1.74. The molecule has 0 atom stereocenters. The molecule has 0 bridgehead atoms. The molecule has 1 aromatic carbocycles. The molecule has 0 aliphatic rings. The van der Waals surface area contributed by atoms with E-state index in [1.165, 1.54) is 11.8 Å². The summed E-state index contributed by atoms with van der Waals surface area (Å²) in [5, 5.41) is 18.8. The fraction of sp³-hybridized carbons (Fsp3) is 0.143. The maximum absolute atomic E-state index is 9.12. The lowest BCUT2D eigenvalue weighted by molar-refractivity contribution is 0.290. The second-order valence-electron chi connectivity index (χ2n) is 4.55. The Hall–Kier alpha value is -1.79. The molecule has 122 valence electrons. The number of hydrogen-bond donors (Lipinski definition) is 0. The number of aromatic nitrogens is 4. The molecule has 0 saturated carbocycles. The van der Waals surface area contributed by atoms with Crippen LogP contribution in [0.3, 0.4) is 0 Å². The standard InChI is InChI=1S/C14H9Cl2N5OS2/c1-21-11(7-22-9-4-2-8(15)3-5-9)18-19-14(21)23-13-10(6-17)12(16)20-24-13/h2-5H,7H2,1H3. The van der Waals surface area contributed by atoms with E-state index in [2.05, 4.69) is 14.6 Å². The van der Waals surface area contributed by atoms with Crippen LogP contribution in [0.15, 0.2) is 33.6 Å². The van der Waals surface area contributed by atoms with Gasteiger partial charge in [-0.15, -0.1) is 10.2 Å². The zero-order valence-corrected chi connectivity index (χ0v) is 15.4. The van der Waals surface area contributed by atoms with Crippen LogP contribution in [0.4, 0.5) is 0 Å². The minimum atomic E-state index is 0.207. The number of nitrogens with zero attached hydrogens (tertiary/aromatic N) is 5. The van der Waals surface area contributed by atoms with E-state index in [1.807, 2.05) is 13.1 Å². The summed E-state index contributed by atoms with van der Waals surface area (Å²) in [6.07, 6.45) is 0. The van der Waals surface area contributed by atoms with E-state index in [-0.39, 0.29) is 11.8 Å². The summed E-state index contributed by atoms with van der Waals surface area (Å²) in [4.78, 5) is 0. The highest BCUT2D eigenvalue weighted by atomic mass is 35.5. The molecule has 10 heteroatoms.